The highest BCUT2D eigenvalue weighted by molar-refractivity contribution is 5.66. The lowest BCUT2D eigenvalue weighted by Gasteiger charge is -2.15. The number of aromatic amines is 1. The first-order chi connectivity index (χ1) is 13.1. The predicted molar refractivity (Wildman–Crippen MR) is 85.8 cm³/mol. The molecule has 4 nitrogen and oxygen atoms in total. The summed E-state index contributed by atoms with van der Waals surface area (Å²) in [5.74, 6) is 0. The molecule has 0 aliphatic carbocycles. The molecule has 10 heteroatoms. The van der Waals surface area contributed by atoms with Crippen LogP contribution in [0.1, 0.15) is 27.9 Å². The number of hydrogen-bond donors (Lipinski definition) is 1. The fourth-order valence-corrected chi connectivity index (χ4v) is 2.77. The van der Waals surface area contributed by atoms with Crippen molar-refractivity contribution in [2.24, 2.45) is 0 Å². The third kappa shape index (κ3) is 3.98. The number of nitrogens with one attached hydrogen (secondary N) is 1. The van der Waals surface area contributed by atoms with E-state index in [2.05, 4.69) is 15.4 Å². The molecule has 1 N–H and O–H groups in total. The number of hydrogen-bond acceptors (Lipinski definition) is 3. The zero-order valence-electron chi connectivity index (χ0n) is 13.9. The minimum atomic E-state index is -4.73. The summed E-state index contributed by atoms with van der Waals surface area (Å²) in [4.78, 5) is 0. The third-order valence-corrected chi connectivity index (χ3v) is 3.97. The predicted octanol–water partition coefficient (Wildman–Crippen LogP) is 4.97. The topological polar surface area (TPSA) is 65.4 Å². The van der Waals surface area contributed by atoms with Crippen molar-refractivity contribution in [2.75, 3.05) is 0 Å². The summed E-state index contributed by atoms with van der Waals surface area (Å²) >= 11 is 0. The number of rotatable bonds is 3. The monoisotopic (exact) mass is 396 g/mol. The molecule has 0 atom stereocenters. The lowest BCUT2D eigenvalue weighted by Crippen LogP contribution is -2.10. The van der Waals surface area contributed by atoms with Gasteiger partial charge in [-0.15, -0.1) is 5.10 Å². The summed E-state index contributed by atoms with van der Waals surface area (Å²) in [6.07, 6.45) is -9.75. The second-order valence-electron chi connectivity index (χ2n) is 5.90. The Labute approximate surface area is 154 Å². The number of halogens is 6. The van der Waals surface area contributed by atoms with E-state index in [0.717, 1.165) is 18.2 Å². The number of aromatic nitrogens is 3. The molecule has 144 valence electrons. The quantitative estimate of drug-likeness (QED) is 0.636. The third-order valence-electron chi connectivity index (χ3n) is 3.97. The average molecular weight is 396 g/mol. The SMILES string of the molecule is N#Cc1[nH]nnc1-c1cc(Cc2ccccc2C(F)(F)F)cc(C(F)(F)F)c1. The van der Waals surface area contributed by atoms with Crippen LogP contribution in [-0.2, 0) is 18.8 Å². The molecule has 0 saturated carbocycles. The Balaban J connectivity index is 2.13. The van der Waals surface area contributed by atoms with Crippen molar-refractivity contribution < 1.29 is 26.3 Å². The van der Waals surface area contributed by atoms with E-state index in [1.54, 1.807) is 6.07 Å². The van der Waals surface area contributed by atoms with Crippen molar-refractivity contribution in [3.8, 4) is 17.3 Å². The van der Waals surface area contributed by atoms with Crippen LogP contribution in [0.15, 0.2) is 42.5 Å². The lowest BCUT2D eigenvalue weighted by molar-refractivity contribution is -0.139. The zero-order chi connectivity index (χ0) is 20.5. The van der Waals surface area contributed by atoms with E-state index in [1.807, 2.05) is 0 Å². The van der Waals surface area contributed by atoms with Gasteiger partial charge in [0.1, 0.15) is 11.8 Å². The summed E-state index contributed by atoms with van der Waals surface area (Å²) in [7, 11) is 0. The molecule has 0 aliphatic rings. The Morgan fingerprint density at radius 2 is 1.68 bits per heavy atom. The summed E-state index contributed by atoms with van der Waals surface area (Å²) < 4.78 is 79.4. The summed E-state index contributed by atoms with van der Waals surface area (Å²) in [6, 6.07) is 9.21. The van der Waals surface area contributed by atoms with Crippen LogP contribution in [0, 0.1) is 11.3 Å². The van der Waals surface area contributed by atoms with Crippen LogP contribution in [0.4, 0.5) is 26.3 Å². The van der Waals surface area contributed by atoms with E-state index in [1.165, 1.54) is 24.3 Å². The van der Waals surface area contributed by atoms with Gasteiger partial charge in [0.05, 0.1) is 11.1 Å². The smallest absolute Gasteiger partial charge is 0.247 e. The van der Waals surface area contributed by atoms with E-state index >= 15 is 0 Å². The maximum absolute atomic E-state index is 13.3. The molecule has 0 fully saturated rings. The van der Waals surface area contributed by atoms with Crippen LogP contribution in [0.25, 0.3) is 11.3 Å². The van der Waals surface area contributed by atoms with Gasteiger partial charge in [0.15, 0.2) is 5.69 Å². The van der Waals surface area contributed by atoms with Gasteiger partial charge in [-0.2, -0.15) is 31.6 Å². The molecule has 3 aromatic rings. The first-order valence-electron chi connectivity index (χ1n) is 7.77. The maximum atomic E-state index is 13.3. The Kier molecular flexibility index (Phi) is 4.85. The van der Waals surface area contributed by atoms with E-state index in [9.17, 15) is 26.3 Å². The van der Waals surface area contributed by atoms with Gasteiger partial charge in [0.25, 0.3) is 0 Å². The van der Waals surface area contributed by atoms with E-state index in [-0.39, 0.29) is 34.5 Å². The minimum Gasteiger partial charge on any atom is -0.247 e. The molecule has 1 heterocycles. The second-order valence-corrected chi connectivity index (χ2v) is 5.90. The van der Waals surface area contributed by atoms with Gasteiger partial charge in [-0.05, 0) is 41.8 Å². The number of H-pyrrole nitrogens is 1. The minimum absolute atomic E-state index is 0.00610. The highest BCUT2D eigenvalue weighted by atomic mass is 19.4. The van der Waals surface area contributed by atoms with Crippen LogP contribution >= 0.6 is 0 Å². The number of nitrogens with zero attached hydrogens (tertiary/aromatic N) is 3. The Bertz CT molecular complexity index is 1040. The van der Waals surface area contributed by atoms with Gasteiger partial charge in [-0.3, -0.25) is 0 Å². The molecule has 0 bridgehead atoms. The molecule has 2 aromatic carbocycles. The maximum Gasteiger partial charge on any atom is 0.416 e. The first kappa shape index (κ1) is 19.4. The van der Waals surface area contributed by atoms with Gasteiger partial charge < -0.3 is 0 Å². The van der Waals surface area contributed by atoms with Crippen LogP contribution in [-0.4, -0.2) is 15.4 Å². The average Bonchev–Trinajstić information content (AvgIpc) is 3.09. The molecule has 0 aliphatic heterocycles. The van der Waals surface area contributed by atoms with Crippen molar-refractivity contribution in [2.45, 2.75) is 18.8 Å². The largest absolute Gasteiger partial charge is 0.416 e. The van der Waals surface area contributed by atoms with Gasteiger partial charge in [0, 0.05) is 5.56 Å². The Hall–Kier alpha value is -3.35. The summed E-state index contributed by atoms with van der Waals surface area (Å²) in [6.45, 7) is 0. The van der Waals surface area contributed by atoms with Gasteiger partial charge >= 0.3 is 12.4 Å². The summed E-state index contributed by atoms with van der Waals surface area (Å²) in [5, 5.41) is 18.3. The normalized spacial score (nSPS) is 12.0. The highest BCUT2D eigenvalue weighted by Crippen LogP contribution is 2.36. The molecule has 0 radical (unpaired) electrons. The lowest BCUT2D eigenvalue weighted by atomic mass is 9.95. The van der Waals surface area contributed by atoms with Crippen LogP contribution in [0.3, 0.4) is 0 Å². The van der Waals surface area contributed by atoms with Crippen molar-refractivity contribution in [1.82, 2.24) is 15.4 Å². The molecule has 1 aromatic heterocycles. The number of alkyl halides is 6. The van der Waals surface area contributed by atoms with Crippen molar-refractivity contribution >= 4 is 0 Å². The molecular weight excluding hydrogens is 386 g/mol. The number of nitriles is 1. The molecule has 0 saturated heterocycles. The van der Waals surface area contributed by atoms with Gasteiger partial charge in [0.2, 0.25) is 0 Å². The van der Waals surface area contributed by atoms with E-state index in [4.69, 9.17) is 5.26 Å². The highest BCUT2D eigenvalue weighted by Gasteiger charge is 2.34. The van der Waals surface area contributed by atoms with Crippen molar-refractivity contribution in [3.63, 3.8) is 0 Å². The van der Waals surface area contributed by atoms with E-state index < -0.39 is 23.5 Å². The zero-order valence-corrected chi connectivity index (χ0v) is 13.9. The first-order valence-corrected chi connectivity index (χ1v) is 7.77. The van der Waals surface area contributed by atoms with E-state index in [0.29, 0.717) is 0 Å². The van der Waals surface area contributed by atoms with Gasteiger partial charge in [-0.25, -0.2) is 5.10 Å². The Morgan fingerprint density at radius 1 is 0.964 bits per heavy atom. The molecular formula is C18H10F6N4. The van der Waals surface area contributed by atoms with Gasteiger partial charge in [-0.1, -0.05) is 23.4 Å². The Morgan fingerprint density at radius 3 is 2.32 bits per heavy atom. The standard InChI is InChI=1S/C18H10F6N4/c19-17(20,21)13-7-10(5-11-3-1-2-4-14(11)18(22,23)24)6-12(8-13)16-15(9-25)26-28-27-16/h1-4,6-8H,5H2,(H,26,27,28). The van der Waals surface area contributed by atoms with Crippen LogP contribution in [0.2, 0.25) is 0 Å². The molecule has 0 unspecified atom stereocenters. The van der Waals surface area contributed by atoms with Crippen LogP contribution in [0.5, 0.6) is 0 Å². The molecule has 3 rings (SSSR count). The molecule has 0 amide bonds. The molecule has 0 spiro atoms. The molecule has 28 heavy (non-hydrogen) atoms. The van der Waals surface area contributed by atoms with Crippen molar-refractivity contribution in [1.29, 1.82) is 5.26 Å². The van der Waals surface area contributed by atoms with Crippen LogP contribution < -0.4 is 0 Å². The summed E-state index contributed by atoms with van der Waals surface area (Å²) in [5.41, 5.74) is -2.49. The second kappa shape index (κ2) is 6.99. The fourth-order valence-electron chi connectivity index (χ4n) is 2.77. The fraction of sp³-hybridized carbons (Fsp3) is 0.167. The number of benzene rings is 2. The van der Waals surface area contributed by atoms with Crippen molar-refractivity contribution in [3.05, 3.63) is 70.4 Å².